The molecule has 0 saturated carbocycles. The van der Waals surface area contributed by atoms with E-state index < -0.39 is 21.8 Å². The fourth-order valence-electron chi connectivity index (χ4n) is 3.14. The molecule has 0 saturated heterocycles. The molecule has 1 heterocycles. The highest BCUT2D eigenvalue weighted by atomic mass is 28.3. The number of benzene rings is 2. The van der Waals surface area contributed by atoms with Crippen molar-refractivity contribution >= 4 is 13.3 Å². The van der Waals surface area contributed by atoms with Gasteiger partial charge in [-0.3, -0.25) is 0 Å². The normalized spacial score (nSPS) is 16.6. The van der Waals surface area contributed by atoms with E-state index in [1.54, 1.807) is 36.0 Å². The van der Waals surface area contributed by atoms with Crippen molar-refractivity contribution in [1.82, 2.24) is 0 Å². The molecule has 0 aliphatic rings. The zero-order valence-electron chi connectivity index (χ0n) is 23.1. The third kappa shape index (κ3) is 3.52. The van der Waals surface area contributed by atoms with Gasteiger partial charge in [-0.1, -0.05) is 61.2 Å². The van der Waals surface area contributed by atoms with Crippen LogP contribution in [-0.4, -0.2) is 8.07 Å². The lowest BCUT2D eigenvalue weighted by Crippen LogP contribution is -2.37. The Morgan fingerprint density at radius 1 is 0.885 bits per heavy atom. The summed E-state index contributed by atoms with van der Waals surface area (Å²) in [7, 11) is -0.135. The molecule has 3 rings (SSSR count). The van der Waals surface area contributed by atoms with Gasteiger partial charge < -0.3 is 0 Å². The maximum Gasteiger partial charge on any atom is 0.213 e. The van der Waals surface area contributed by atoms with Gasteiger partial charge in [0.05, 0.1) is 9.44 Å². The zero-order chi connectivity index (χ0) is 24.9. The van der Waals surface area contributed by atoms with Gasteiger partial charge in [0.25, 0.3) is 0 Å². The quantitative estimate of drug-likeness (QED) is 0.436. The summed E-state index contributed by atoms with van der Waals surface area (Å²) in [5.41, 5.74) is 3.17. The van der Waals surface area contributed by atoms with Crippen molar-refractivity contribution in [2.24, 2.45) is 7.05 Å². The van der Waals surface area contributed by atoms with Crippen LogP contribution in [0.15, 0.2) is 54.7 Å². The summed E-state index contributed by atoms with van der Waals surface area (Å²) in [6, 6.07) is 12.9. The lowest BCUT2D eigenvalue weighted by molar-refractivity contribution is -0.660. The number of pyridine rings is 1. The molecule has 0 N–H and O–H groups in total. The van der Waals surface area contributed by atoms with Crippen molar-refractivity contribution in [3.05, 3.63) is 71.4 Å². The van der Waals surface area contributed by atoms with Gasteiger partial charge in [0.1, 0.15) is 7.05 Å². The minimum absolute atomic E-state index is 0.0297. The molecule has 0 atom stereocenters. The van der Waals surface area contributed by atoms with Crippen molar-refractivity contribution in [1.29, 1.82) is 0 Å². The molecule has 3 aromatic rings. The third-order valence-corrected chi connectivity index (χ3v) is 6.79. The van der Waals surface area contributed by atoms with Crippen LogP contribution >= 0.6 is 0 Å². The van der Waals surface area contributed by atoms with Gasteiger partial charge >= 0.3 is 0 Å². The van der Waals surface area contributed by atoms with Crippen molar-refractivity contribution in [3.63, 3.8) is 0 Å². The summed E-state index contributed by atoms with van der Waals surface area (Å²) < 4.78 is 59.6. The monoisotopic (exact) mass is 367 g/mol. The van der Waals surface area contributed by atoms with E-state index in [0.29, 0.717) is 0 Å². The van der Waals surface area contributed by atoms with Crippen LogP contribution in [0.1, 0.15) is 26.3 Å². The Hall–Kier alpha value is -2.19. The van der Waals surface area contributed by atoms with Crippen LogP contribution in [0, 0.1) is 20.6 Å². The van der Waals surface area contributed by atoms with Crippen molar-refractivity contribution in [3.8, 4) is 22.4 Å². The highest BCUT2D eigenvalue weighted by Gasteiger charge is 2.20. The van der Waals surface area contributed by atoms with Crippen LogP contribution in [-0.2, 0) is 7.05 Å². The molecular formula is C24H30NSi+. The molecule has 2 aromatic carbocycles. The Kier molecular flexibility index (Phi) is 3.03. The Morgan fingerprint density at radius 3 is 2.27 bits per heavy atom. The van der Waals surface area contributed by atoms with Crippen LogP contribution in [0.4, 0.5) is 0 Å². The van der Waals surface area contributed by atoms with Gasteiger partial charge in [-0.15, -0.1) is 0 Å². The Balaban J connectivity index is 2.48. The first-order valence-electron chi connectivity index (χ1n) is 12.3. The van der Waals surface area contributed by atoms with Crippen molar-refractivity contribution in [2.75, 3.05) is 0 Å². The van der Waals surface area contributed by atoms with E-state index in [9.17, 15) is 0 Å². The molecule has 1 nitrogen and oxygen atoms in total. The SMILES string of the molecule is [2H]c1cc([Si](C)(C)C)cc(C([2H])([2H])[2H])c1-c1cc(-c2ccccc2C)[n+](C)cc1C([2H])([2H])[2H]. The predicted molar refractivity (Wildman–Crippen MR) is 116 cm³/mol. The van der Waals surface area contributed by atoms with E-state index in [2.05, 4.69) is 19.6 Å². The molecule has 0 aliphatic heterocycles. The number of aryl methyl sites for hydroxylation is 4. The first-order chi connectivity index (χ1) is 15.0. The average molecular weight is 368 g/mol. The average Bonchev–Trinajstić information content (AvgIpc) is 2.66. The Morgan fingerprint density at radius 2 is 1.62 bits per heavy atom. The summed E-state index contributed by atoms with van der Waals surface area (Å²) >= 11 is 0. The summed E-state index contributed by atoms with van der Waals surface area (Å²) in [5, 5.41) is 0.860. The fourth-order valence-corrected chi connectivity index (χ4v) is 4.22. The molecule has 0 aliphatic carbocycles. The number of rotatable bonds is 3. The summed E-state index contributed by atoms with van der Waals surface area (Å²) in [6.45, 7) is 3.28. The van der Waals surface area contributed by atoms with Crippen LogP contribution in [0.2, 0.25) is 19.6 Å². The van der Waals surface area contributed by atoms with Gasteiger partial charge in [-0.05, 0) is 48.9 Å². The first-order valence-corrected chi connectivity index (χ1v) is 12.3. The molecule has 0 unspecified atom stereocenters. The Labute approximate surface area is 169 Å². The molecule has 0 amide bonds. The van der Waals surface area contributed by atoms with E-state index >= 15 is 0 Å². The highest BCUT2D eigenvalue weighted by molar-refractivity contribution is 6.88. The second-order valence-electron chi connectivity index (χ2n) is 7.84. The van der Waals surface area contributed by atoms with E-state index in [-0.39, 0.29) is 28.3 Å². The number of nitrogens with zero attached hydrogens (tertiary/aromatic N) is 1. The van der Waals surface area contributed by atoms with Crippen molar-refractivity contribution in [2.45, 2.75) is 40.3 Å². The van der Waals surface area contributed by atoms with Gasteiger partial charge in [0.2, 0.25) is 5.69 Å². The third-order valence-electron chi connectivity index (χ3n) is 4.77. The Bertz CT molecular complexity index is 1210. The second kappa shape index (κ2) is 6.84. The fraction of sp³-hybridized carbons (Fsp3) is 0.292. The second-order valence-corrected chi connectivity index (χ2v) is 12.9. The number of aromatic nitrogens is 1. The van der Waals surface area contributed by atoms with Crippen molar-refractivity contribution < 1.29 is 14.2 Å². The topological polar surface area (TPSA) is 3.88 Å². The molecule has 0 radical (unpaired) electrons. The molecule has 1 aromatic heterocycles. The maximum absolute atomic E-state index is 8.80. The minimum Gasteiger partial charge on any atom is -0.201 e. The van der Waals surface area contributed by atoms with Gasteiger partial charge in [0.15, 0.2) is 6.20 Å². The van der Waals surface area contributed by atoms with Crippen LogP contribution in [0.3, 0.4) is 0 Å². The molecular weight excluding hydrogens is 330 g/mol. The largest absolute Gasteiger partial charge is 0.213 e. The summed E-state index contributed by atoms with van der Waals surface area (Å²) in [4.78, 5) is 0. The smallest absolute Gasteiger partial charge is 0.201 e. The summed E-state index contributed by atoms with van der Waals surface area (Å²) in [6.07, 6.45) is 1.54. The van der Waals surface area contributed by atoms with Crippen LogP contribution < -0.4 is 9.75 Å². The lowest BCUT2D eigenvalue weighted by atomic mass is 9.95. The van der Waals surface area contributed by atoms with E-state index in [4.69, 9.17) is 9.60 Å². The van der Waals surface area contributed by atoms with E-state index in [1.165, 1.54) is 0 Å². The van der Waals surface area contributed by atoms with Crippen LogP contribution in [0.5, 0.6) is 0 Å². The summed E-state index contributed by atoms with van der Waals surface area (Å²) in [5.74, 6) is 0. The minimum atomic E-state index is -2.49. The predicted octanol–water partition coefficient (Wildman–Crippen LogP) is 5.32. The zero-order valence-corrected chi connectivity index (χ0v) is 17.1. The molecule has 0 spiro atoms. The number of hydrogen-bond acceptors (Lipinski definition) is 0. The maximum atomic E-state index is 8.80. The molecule has 134 valence electrons. The molecule has 0 fully saturated rings. The molecule has 0 bridgehead atoms. The number of hydrogen-bond donors (Lipinski definition) is 0. The van der Waals surface area contributed by atoms with Crippen LogP contribution in [0.25, 0.3) is 22.4 Å². The highest BCUT2D eigenvalue weighted by Crippen LogP contribution is 2.30. The molecule has 26 heavy (non-hydrogen) atoms. The van der Waals surface area contributed by atoms with Gasteiger partial charge in [0, 0.05) is 25.4 Å². The first kappa shape index (κ1) is 11.5. The van der Waals surface area contributed by atoms with Gasteiger partial charge in [-0.25, -0.2) is 4.57 Å². The van der Waals surface area contributed by atoms with Gasteiger partial charge in [-0.2, -0.15) is 0 Å². The lowest BCUT2D eigenvalue weighted by Gasteiger charge is -2.19. The standard InChI is InChI=1S/C24H30NSi/c1-17-10-8-9-11-22(17)24-15-23(19(3)16-25(24)4)21-13-12-20(14-18(21)2)26(5,6)7/h8-16H,1-7H3/q+1/i2D3,3D3,13D. The molecule has 2 heteroatoms. The van der Waals surface area contributed by atoms with E-state index in [0.717, 1.165) is 22.0 Å². The van der Waals surface area contributed by atoms with E-state index in [1.807, 2.05) is 31.2 Å².